The summed E-state index contributed by atoms with van der Waals surface area (Å²) in [6.07, 6.45) is 1.86. The van der Waals surface area contributed by atoms with E-state index in [1.165, 1.54) is 10.6 Å². The van der Waals surface area contributed by atoms with Crippen LogP contribution in [0.1, 0.15) is 40.4 Å². The van der Waals surface area contributed by atoms with E-state index in [0.717, 1.165) is 61.5 Å². The molecule has 1 N–H and O–H groups in total. The predicted octanol–water partition coefficient (Wildman–Crippen LogP) is 5.38. The maximum Gasteiger partial charge on any atom is 0.255 e. The summed E-state index contributed by atoms with van der Waals surface area (Å²) < 4.78 is 11.1. The van der Waals surface area contributed by atoms with E-state index < -0.39 is 0 Å². The van der Waals surface area contributed by atoms with Crippen molar-refractivity contribution in [1.29, 1.82) is 0 Å². The van der Waals surface area contributed by atoms with Gasteiger partial charge in [0.2, 0.25) is 0 Å². The van der Waals surface area contributed by atoms with Crippen LogP contribution in [0.5, 0.6) is 11.5 Å². The van der Waals surface area contributed by atoms with E-state index in [2.05, 4.69) is 51.5 Å². The normalized spacial score (nSPS) is 16.0. The second kappa shape index (κ2) is 11.9. The average molecular weight is 518 g/mol. The summed E-state index contributed by atoms with van der Waals surface area (Å²) in [6.45, 7) is 4.48. The molecule has 2 aliphatic rings. The van der Waals surface area contributed by atoms with E-state index in [1.807, 2.05) is 42.1 Å². The minimum atomic E-state index is -0.0491. The number of hydrogen-bond donors (Lipinski definition) is 1. The largest absolute Gasteiger partial charge is 0.493 e. The van der Waals surface area contributed by atoms with Gasteiger partial charge in [-0.2, -0.15) is 0 Å². The number of carbonyl (C=O) groups excluding carboxylic acids is 1. The van der Waals surface area contributed by atoms with Crippen LogP contribution in [0.25, 0.3) is 0 Å². The number of methoxy groups -OCH3 is 2. The summed E-state index contributed by atoms with van der Waals surface area (Å²) in [5.41, 5.74) is 4.26. The van der Waals surface area contributed by atoms with Gasteiger partial charge in [0.15, 0.2) is 11.5 Å². The Bertz CT molecular complexity index is 1210. The number of amides is 1. The predicted molar refractivity (Wildman–Crippen MR) is 150 cm³/mol. The number of thioether (sulfide) groups is 1. The number of nitrogens with one attached hydrogen (secondary N) is 1. The maximum absolute atomic E-state index is 13.8. The first-order chi connectivity index (χ1) is 18.2. The highest BCUT2D eigenvalue weighted by molar-refractivity contribution is 7.99. The van der Waals surface area contributed by atoms with E-state index in [9.17, 15) is 4.79 Å². The van der Waals surface area contributed by atoms with Crippen molar-refractivity contribution < 1.29 is 14.3 Å². The van der Waals surface area contributed by atoms with Gasteiger partial charge in [0, 0.05) is 54.4 Å². The average Bonchev–Trinajstić information content (AvgIpc) is 3.29. The van der Waals surface area contributed by atoms with Crippen LogP contribution in [0.2, 0.25) is 0 Å². The van der Waals surface area contributed by atoms with Crippen molar-refractivity contribution >= 4 is 23.4 Å². The molecule has 7 heteroatoms. The Labute approximate surface area is 223 Å². The third kappa shape index (κ3) is 5.58. The number of rotatable bonds is 10. The monoisotopic (exact) mass is 517 g/mol. The van der Waals surface area contributed by atoms with Gasteiger partial charge in [-0.1, -0.05) is 30.3 Å². The molecule has 1 saturated heterocycles. The summed E-state index contributed by atoms with van der Waals surface area (Å²) in [7, 11) is 3.30. The zero-order chi connectivity index (χ0) is 25.6. The molecule has 6 nitrogen and oxygen atoms in total. The van der Waals surface area contributed by atoms with Gasteiger partial charge in [-0.15, -0.1) is 11.8 Å². The fourth-order valence-electron chi connectivity index (χ4n) is 5.34. The molecule has 0 saturated carbocycles. The molecule has 3 aromatic rings. The Morgan fingerprint density at radius 1 is 0.946 bits per heavy atom. The number of fused-ring (bicyclic) bond motifs is 1. The summed E-state index contributed by atoms with van der Waals surface area (Å²) in [6, 6.07) is 22.7. The lowest BCUT2D eigenvalue weighted by Gasteiger charge is -2.32. The van der Waals surface area contributed by atoms with E-state index in [4.69, 9.17) is 9.47 Å². The number of benzene rings is 3. The molecule has 0 spiro atoms. The second-order valence-electron chi connectivity index (χ2n) is 9.41. The summed E-state index contributed by atoms with van der Waals surface area (Å²) in [4.78, 5) is 19.6. The number of piperazine rings is 1. The van der Waals surface area contributed by atoms with Crippen LogP contribution in [0.15, 0.2) is 71.6 Å². The molecular formula is C30H35N3O3S. The summed E-state index contributed by atoms with van der Waals surface area (Å²) in [5, 5.41) is 3.43. The van der Waals surface area contributed by atoms with E-state index in [-0.39, 0.29) is 11.9 Å². The number of ether oxygens (including phenoxy) is 2. The molecule has 0 radical (unpaired) electrons. The fourth-order valence-corrected chi connectivity index (χ4v) is 6.23. The molecule has 2 aliphatic heterocycles. The van der Waals surface area contributed by atoms with Gasteiger partial charge >= 0.3 is 0 Å². The molecule has 0 bridgehead atoms. The first-order valence-electron chi connectivity index (χ1n) is 13.0. The summed E-state index contributed by atoms with van der Waals surface area (Å²) in [5.74, 6) is 2.49. The smallest absolute Gasteiger partial charge is 0.255 e. The Kier molecular flexibility index (Phi) is 8.21. The maximum atomic E-state index is 13.8. The lowest BCUT2D eigenvalue weighted by Crippen LogP contribution is -2.43. The van der Waals surface area contributed by atoms with Crippen molar-refractivity contribution in [3.8, 4) is 11.5 Å². The van der Waals surface area contributed by atoms with Crippen LogP contribution in [-0.2, 0) is 6.54 Å². The van der Waals surface area contributed by atoms with Crippen LogP contribution in [-0.4, -0.2) is 57.0 Å². The van der Waals surface area contributed by atoms with Gasteiger partial charge in [0.05, 0.1) is 20.3 Å². The molecular weight excluding hydrogens is 482 g/mol. The fraction of sp³-hybridized carbons (Fsp3) is 0.367. The Hall–Kier alpha value is -3.16. The van der Waals surface area contributed by atoms with E-state index in [1.54, 1.807) is 14.2 Å². The Balaban J connectivity index is 1.40. The third-order valence-electron chi connectivity index (χ3n) is 7.23. The third-order valence-corrected chi connectivity index (χ3v) is 8.33. The van der Waals surface area contributed by atoms with Gasteiger partial charge in [-0.3, -0.25) is 4.79 Å². The van der Waals surface area contributed by atoms with E-state index in [0.29, 0.717) is 18.0 Å². The van der Waals surface area contributed by atoms with Crippen LogP contribution in [0.4, 0.5) is 5.69 Å². The van der Waals surface area contributed by atoms with Crippen LogP contribution in [0, 0.1) is 0 Å². The highest BCUT2D eigenvalue weighted by Crippen LogP contribution is 2.40. The van der Waals surface area contributed by atoms with Crippen LogP contribution >= 0.6 is 11.8 Å². The molecule has 0 aromatic heterocycles. The molecule has 3 aromatic carbocycles. The molecule has 1 amide bonds. The molecule has 1 atom stereocenters. The Morgan fingerprint density at radius 3 is 2.49 bits per heavy atom. The molecule has 194 valence electrons. The molecule has 0 aliphatic carbocycles. The van der Waals surface area contributed by atoms with Crippen molar-refractivity contribution in [1.82, 2.24) is 10.2 Å². The van der Waals surface area contributed by atoms with Crippen molar-refractivity contribution in [3.63, 3.8) is 0 Å². The lowest BCUT2D eigenvalue weighted by molar-refractivity contribution is 0.0690. The molecule has 5 rings (SSSR count). The SMILES string of the molecule is COc1ccc(C(CCCSc2ccccc2)N2Cc3c(cccc3N3CCNCC3)C2=O)cc1OC. The van der Waals surface area contributed by atoms with Gasteiger partial charge in [0.25, 0.3) is 5.91 Å². The molecule has 1 unspecified atom stereocenters. The van der Waals surface area contributed by atoms with Crippen molar-refractivity contribution in [2.75, 3.05) is 51.1 Å². The molecule has 1 fully saturated rings. The number of hydrogen-bond acceptors (Lipinski definition) is 6. The number of carbonyl (C=O) groups is 1. The van der Waals surface area contributed by atoms with Crippen LogP contribution in [0.3, 0.4) is 0 Å². The topological polar surface area (TPSA) is 54.0 Å². The first kappa shape index (κ1) is 25.5. The minimum Gasteiger partial charge on any atom is -0.493 e. The van der Waals surface area contributed by atoms with Crippen molar-refractivity contribution in [3.05, 3.63) is 83.4 Å². The van der Waals surface area contributed by atoms with Gasteiger partial charge in [-0.25, -0.2) is 0 Å². The summed E-state index contributed by atoms with van der Waals surface area (Å²) >= 11 is 1.86. The standard InChI is InChI=1S/C30H35N3O3S/c1-35-28-14-13-22(20-29(28)36-2)26(12-7-19-37-23-8-4-3-5-9-23)33-21-25-24(30(33)34)10-6-11-27(25)32-17-15-31-16-18-32/h3-6,8-11,13-14,20,26,31H,7,12,15-19,21H2,1-2H3. The van der Waals surface area contributed by atoms with Crippen molar-refractivity contribution in [2.45, 2.75) is 30.3 Å². The molecule has 2 heterocycles. The number of anilines is 1. The van der Waals surface area contributed by atoms with Crippen molar-refractivity contribution in [2.24, 2.45) is 0 Å². The zero-order valence-electron chi connectivity index (χ0n) is 21.6. The van der Waals surface area contributed by atoms with E-state index >= 15 is 0 Å². The highest BCUT2D eigenvalue weighted by Gasteiger charge is 2.36. The van der Waals surface area contributed by atoms with Crippen LogP contribution < -0.4 is 19.7 Å². The quantitative estimate of drug-likeness (QED) is 0.288. The number of nitrogens with zero attached hydrogens (tertiary/aromatic N) is 2. The highest BCUT2D eigenvalue weighted by atomic mass is 32.2. The minimum absolute atomic E-state index is 0.0491. The first-order valence-corrected chi connectivity index (χ1v) is 14.0. The lowest BCUT2D eigenvalue weighted by atomic mass is 10.00. The second-order valence-corrected chi connectivity index (χ2v) is 10.6. The Morgan fingerprint density at radius 2 is 1.73 bits per heavy atom. The van der Waals surface area contributed by atoms with Gasteiger partial charge in [0.1, 0.15) is 0 Å². The van der Waals surface area contributed by atoms with Gasteiger partial charge in [-0.05, 0) is 60.6 Å². The van der Waals surface area contributed by atoms with Gasteiger partial charge < -0.3 is 24.6 Å². The zero-order valence-corrected chi connectivity index (χ0v) is 22.4. The molecule has 37 heavy (non-hydrogen) atoms.